The molecule has 6 nitrogen and oxygen atoms in total. The molecule has 3 rings (SSSR count). The number of carbonyl (C=O) groups is 3. The Balaban J connectivity index is 2.06. The minimum absolute atomic E-state index is 0.138. The highest BCUT2D eigenvalue weighted by molar-refractivity contribution is 14.1. The van der Waals surface area contributed by atoms with Gasteiger partial charge in [-0.15, -0.1) is 0 Å². The third-order valence-corrected chi connectivity index (χ3v) is 5.66. The largest absolute Gasteiger partial charge is 0.506 e. The number of imide groups is 2. The van der Waals surface area contributed by atoms with E-state index in [1.54, 1.807) is 36.4 Å². The van der Waals surface area contributed by atoms with Crippen LogP contribution in [-0.4, -0.2) is 23.0 Å². The number of phenolic OH excluding ortho intramolecular Hbond substituents is 1. The Morgan fingerprint density at radius 3 is 2.35 bits per heavy atom. The van der Waals surface area contributed by atoms with E-state index < -0.39 is 17.8 Å². The molecule has 2 aromatic rings. The molecule has 1 aliphatic heterocycles. The number of aromatic hydroxyl groups is 1. The number of amides is 4. The number of benzene rings is 2. The van der Waals surface area contributed by atoms with Crippen LogP contribution in [0.2, 0.25) is 0 Å². The van der Waals surface area contributed by atoms with Crippen LogP contribution in [0.5, 0.6) is 5.75 Å². The van der Waals surface area contributed by atoms with Gasteiger partial charge in [0.1, 0.15) is 11.3 Å². The molecule has 0 saturated carbocycles. The first-order chi connectivity index (χ1) is 12.3. The molecular weight excluding hydrogens is 630 g/mol. The molecule has 4 amide bonds. The van der Waals surface area contributed by atoms with E-state index in [4.69, 9.17) is 0 Å². The van der Waals surface area contributed by atoms with Crippen LogP contribution in [0.3, 0.4) is 0 Å². The van der Waals surface area contributed by atoms with Gasteiger partial charge in [0.05, 0.1) is 12.8 Å². The number of anilines is 1. The van der Waals surface area contributed by atoms with Crippen LogP contribution in [0.4, 0.5) is 10.5 Å². The Bertz CT molecular complexity index is 967. The summed E-state index contributed by atoms with van der Waals surface area (Å²) in [6.45, 7) is 0. The van der Waals surface area contributed by atoms with Crippen molar-refractivity contribution in [2.24, 2.45) is 0 Å². The van der Waals surface area contributed by atoms with Crippen molar-refractivity contribution in [3.05, 3.63) is 59.1 Å². The zero-order valence-corrected chi connectivity index (χ0v) is 18.7. The molecule has 2 N–H and O–H groups in total. The molecule has 0 bridgehead atoms. The summed E-state index contributed by atoms with van der Waals surface area (Å²) in [4.78, 5) is 38.1. The number of halogens is 3. The van der Waals surface area contributed by atoms with Crippen molar-refractivity contribution in [2.75, 3.05) is 4.90 Å². The monoisotopic (exact) mass is 638 g/mol. The number of carbonyl (C=O) groups excluding carboxylic acids is 3. The normalized spacial score (nSPS) is 16.2. The maximum Gasteiger partial charge on any atom is 0.335 e. The van der Waals surface area contributed by atoms with Gasteiger partial charge in [0, 0.05) is 4.47 Å². The SMILES string of the molecule is O=C1NC(=O)N(c2cccc(Br)c2)C(=O)/C1=C/c1cc(I)c(O)c(I)c1. The second-order valence-electron chi connectivity index (χ2n) is 5.27. The van der Waals surface area contributed by atoms with Gasteiger partial charge in [-0.3, -0.25) is 14.9 Å². The standard InChI is InChI=1S/C17H9BrI2N2O4/c18-9-2-1-3-10(7-9)22-16(25)11(15(24)21-17(22)26)4-8-5-12(19)14(23)13(20)6-8/h1-7,23H,(H,21,24,26)/b11-4+. The second kappa shape index (κ2) is 7.64. The molecule has 132 valence electrons. The van der Waals surface area contributed by atoms with E-state index >= 15 is 0 Å². The van der Waals surface area contributed by atoms with Gasteiger partial charge in [-0.25, -0.2) is 9.69 Å². The molecule has 0 unspecified atom stereocenters. The maximum atomic E-state index is 12.8. The zero-order valence-electron chi connectivity index (χ0n) is 12.8. The second-order valence-corrected chi connectivity index (χ2v) is 8.51. The number of urea groups is 1. The number of hydrogen-bond acceptors (Lipinski definition) is 4. The first kappa shape index (κ1) is 19.3. The van der Waals surface area contributed by atoms with Crippen LogP contribution in [0.15, 0.2) is 46.4 Å². The number of hydrogen-bond donors (Lipinski definition) is 2. The molecule has 1 heterocycles. The Kier molecular flexibility index (Phi) is 5.67. The number of barbiturate groups is 1. The molecule has 1 saturated heterocycles. The minimum atomic E-state index is -0.801. The highest BCUT2D eigenvalue weighted by Crippen LogP contribution is 2.29. The summed E-state index contributed by atoms with van der Waals surface area (Å²) in [5.74, 6) is -1.34. The molecule has 1 fully saturated rings. The zero-order chi connectivity index (χ0) is 19.0. The number of rotatable bonds is 2. The van der Waals surface area contributed by atoms with Crippen LogP contribution in [0.25, 0.3) is 6.08 Å². The molecule has 26 heavy (non-hydrogen) atoms. The van der Waals surface area contributed by atoms with Crippen molar-refractivity contribution in [1.82, 2.24) is 5.32 Å². The summed E-state index contributed by atoms with van der Waals surface area (Å²) in [5.41, 5.74) is 0.746. The van der Waals surface area contributed by atoms with E-state index in [0.717, 1.165) is 4.90 Å². The topological polar surface area (TPSA) is 86.7 Å². The molecule has 1 aliphatic rings. The fraction of sp³-hybridized carbons (Fsp3) is 0. The molecule has 0 atom stereocenters. The summed E-state index contributed by atoms with van der Waals surface area (Å²) in [7, 11) is 0. The van der Waals surface area contributed by atoms with Crippen molar-refractivity contribution in [1.29, 1.82) is 0 Å². The molecule has 9 heteroatoms. The number of nitrogens with one attached hydrogen (secondary N) is 1. The van der Waals surface area contributed by atoms with Gasteiger partial charge < -0.3 is 5.11 Å². The lowest BCUT2D eigenvalue weighted by molar-refractivity contribution is -0.122. The Morgan fingerprint density at radius 1 is 1.08 bits per heavy atom. The molecule has 0 aromatic heterocycles. The fourth-order valence-electron chi connectivity index (χ4n) is 2.34. The van der Waals surface area contributed by atoms with Crippen LogP contribution in [-0.2, 0) is 9.59 Å². The summed E-state index contributed by atoms with van der Waals surface area (Å²) in [6, 6.07) is 9.14. The highest BCUT2D eigenvalue weighted by atomic mass is 127. The quantitative estimate of drug-likeness (QED) is 0.296. The van der Waals surface area contributed by atoms with Crippen LogP contribution < -0.4 is 10.2 Å². The van der Waals surface area contributed by atoms with Crippen molar-refractivity contribution in [3.63, 3.8) is 0 Å². The number of nitrogens with zero attached hydrogens (tertiary/aromatic N) is 1. The van der Waals surface area contributed by atoms with E-state index in [1.165, 1.54) is 6.08 Å². The smallest absolute Gasteiger partial charge is 0.335 e. The lowest BCUT2D eigenvalue weighted by Crippen LogP contribution is -2.54. The first-order valence-corrected chi connectivity index (χ1v) is 10.1. The third-order valence-electron chi connectivity index (χ3n) is 3.52. The van der Waals surface area contributed by atoms with Crippen molar-refractivity contribution >= 4 is 90.7 Å². The van der Waals surface area contributed by atoms with Crippen LogP contribution >= 0.6 is 61.1 Å². The molecular formula is C17H9BrI2N2O4. The van der Waals surface area contributed by atoms with Crippen LogP contribution in [0, 0.1) is 7.14 Å². The van der Waals surface area contributed by atoms with Gasteiger partial charge in [0.2, 0.25) is 0 Å². The maximum absolute atomic E-state index is 12.8. The van der Waals surface area contributed by atoms with Crippen molar-refractivity contribution in [2.45, 2.75) is 0 Å². The van der Waals surface area contributed by atoms with Gasteiger partial charge in [-0.1, -0.05) is 22.0 Å². The van der Waals surface area contributed by atoms with E-state index in [0.29, 0.717) is 22.9 Å². The highest BCUT2D eigenvalue weighted by Gasteiger charge is 2.36. The Morgan fingerprint density at radius 2 is 1.73 bits per heavy atom. The Labute approximate surface area is 184 Å². The summed E-state index contributed by atoms with van der Waals surface area (Å²) in [6.07, 6.45) is 1.40. The summed E-state index contributed by atoms with van der Waals surface area (Å²) in [5, 5.41) is 12.0. The van der Waals surface area contributed by atoms with Crippen LogP contribution in [0.1, 0.15) is 5.56 Å². The minimum Gasteiger partial charge on any atom is -0.506 e. The summed E-state index contributed by atoms with van der Waals surface area (Å²) < 4.78 is 1.87. The molecule has 0 radical (unpaired) electrons. The van der Waals surface area contributed by atoms with Gasteiger partial charge in [0.25, 0.3) is 11.8 Å². The predicted molar refractivity (Wildman–Crippen MR) is 117 cm³/mol. The van der Waals surface area contributed by atoms with Gasteiger partial charge >= 0.3 is 6.03 Å². The fourth-order valence-corrected chi connectivity index (χ4v) is 4.55. The average molecular weight is 639 g/mol. The lowest BCUT2D eigenvalue weighted by Gasteiger charge is -2.26. The first-order valence-electron chi connectivity index (χ1n) is 7.13. The number of phenols is 1. The van der Waals surface area contributed by atoms with E-state index in [2.05, 4.69) is 21.2 Å². The lowest BCUT2D eigenvalue weighted by atomic mass is 10.1. The van der Waals surface area contributed by atoms with E-state index in [9.17, 15) is 19.5 Å². The van der Waals surface area contributed by atoms with Gasteiger partial charge in [0.15, 0.2) is 0 Å². The van der Waals surface area contributed by atoms with E-state index in [-0.39, 0.29) is 11.3 Å². The third kappa shape index (κ3) is 3.78. The average Bonchev–Trinajstić information content (AvgIpc) is 2.56. The van der Waals surface area contributed by atoms with Gasteiger partial charge in [-0.2, -0.15) is 0 Å². The van der Waals surface area contributed by atoms with Gasteiger partial charge in [-0.05, 0) is 87.2 Å². The Hall–Kier alpha value is -1.47. The van der Waals surface area contributed by atoms with Crippen molar-refractivity contribution in [3.8, 4) is 5.75 Å². The molecule has 0 aliphatic carbocycles. The molecule has 0 spiro atoms. The van der Waals surface area contributed by atoms with Crippen molar-refractivity contribution < 1.29 is 19.5 Å². The predicted octanol–water partition coefficient (Wildman–Crippen LogP) is 4.03. The molecule has 2 aromatic carbocycles. The van der Waals surface area contributed by atoms with E-state index in [1.807, 2.05) is 45.2 Å². The summed E-state index contributed by atoms with van der Waals surface area (Å²) >= 11 is 7.22.